The van der Waals surface area contributed by atoms with Crippen molar-refractivity contribution in [3.63, 3.8) is 0 Å². The summed E-state index contributed by atoms with van der Waals surface area (Å²) in [5.41, 5.74) is 0. The molecule has 0 radical (unpaired) electrons. The molecular formula is C12H23FN2. The molecule has 0 aromatic heterocycles. The smallest absolute Gasteiger partial charge is 0.0906 e. The Kier molecular flexibility index (Phi) is 3.98. The van der Waals surface area contributed by atoms with Gasteiger partial charge in [0.1, 0.15) is 0 Å². The molecule has 1 aliphatic carbocycles. The van der Waals surface area contributed by atoms with Crippen molar-refractivity contribution in [2.75, 3.05) is 26.3 Å². The summed E-state index contributed by atoms with van der Waals surface area (Å²) in [5.74, 6) is 0.906. The SMILES string of the molecule is CC1CCNC(C2CC2)CN1CCCF. The van der Waals surface area contributed by atoms with E-state index in [-0.39, 0.29) is 6.67 Å². The van der Waals surface area contributed by atoms with Crippen molar-refractivity contribution >= 4 is 0 Å². The molecule has 0 spiro atoms. The Morgan fingerprint density at radius 1 is 1.33 bits per heavy atom. The maximum atomic E-state index is 12.2. The highest BCUT2D eigenvalue weighted by Gasteiger charge is 2.34. The Bertz CT molecular complexity index is 194. The molecule has 1 saturated carbocycles. The van der Waals surface area contributed by atoms with Gasteiger partial charge in [-0.15, -0.1) is 0 Å². The Morgan fingerprint density at radius 2 is 2.13 bits per heavy atom. The summed E-state index contributed by atoms with van der Waals surface area (Å²) in [6.07, 6.45) is 4.68. The van der Waals surface area contributed by atoms with Crippen LogP contribution in [0.3, 0.4) is 0 Å². The summed E-state index contributed by atoms with van der Waals surface area (Å²) in [5, 5.41) is 3.64. The second-order valence-corrected chi connectivity index (χ2v) is 5.07. The van der Waals surface area contributed by atoms with Crippen molar-refractivity contribution in [3.05, 3.63) is 0 Å². The molecule has 2 unspecified atom stereocenters. The summed E-state index contributed by atoms with van der Waals surface area (Å²) in [4.78, 5) is 2.47. The second kappa shape index (κ2) is 5.26. The molecule has 1 N–H and O–H groups in total. The van der Waals surface area contributed by atoms with E-state index in [0.29, 0.717) is 18.5 Å². The molecule has 1 aliphatic heterocycles. The van der Waals surface area contributed by atoms with Gasteiger partial charge in [0, 0.05) is 25.2 Å². The van der Waals surface area contributed by atoms with Crippen LogP contribution >= 0.6 is 0 Å². The quantitative estimate of drug-likeness (QED) is 0.768. The van der Waals surface area contributed by atoms with Crippen LogP contribution in [0.5, 0.6) is 0 Å². The van der Waals surface area contributed by atoms with Crippen LogP contribution in [-0.2, 0) is 0 Å². The minimum Gasteiger partial charge on any atom is -0.312 e. The van der Waals surface area contributed by atoms with E-state index in [1.54, 1.807) is 0 Å². The van der Waals surface area contributed by atoms with Gasteiger partial charge in [0.2, 0.25) is 0 Å². The van der Waals surface area contributed by atoms with Crippen LogP contribution in [0, 0.1) is 5.92 Å². The largest absolute Gasteiger partial charge is 0.312 e. The number of rotatable bonds is 4. The first kappa shape index (κ1) is 11.3. The molecule has 0 bridgehead atoms. The highest BCUT2D eigenvalue weighted by molar-refractivity contribution is 4.91. The van der Waals surface area contributed by atoms with Crippen LogP contribution in [0.1, 0.15) is 32.6 Å². The van der Waals surface area contributed by atoms with Crippen LogP contribution in [0.2, 0.25) is 0 Å². The third-order valence-electron chi connectivity index (χ3n) is 3.79. The van der Waals surface area contributed by atoms with Gasteiger partial charge < -0.3 is 5.32 Å². The molecule has 1 heterocycles. The van der Waals surface area contributed by atoms with Crippen molar-refractivity contribution in [1.82, 2.24) is 10.2 Å². The molecule has 2 rings (SSSR count). The monoisotopic (exact) mass is 214 g/mol. The van der Waals surface area contributed by atoms with E-state index in [4.69, 9.17) is 0 Å². The normalized spacial score (nSPS) is 34.0. The third-order valence-corrected chi connectivity index (χ3v) is 3.79. The molecular weight excluding hydrogens is 191 g/mol. The van der Waals surface area contributed by atoms with E-state index >= 15 is 0 Å². The lowest BCUT2D eigenvalue weighted by Gasteiger charge is -2.28. The van der Waals surface area contributed by atoms with E-state index in [0.717, 1.165) is 25.6 Å². The van der Waals surface area contributed by atoms with Crippen molar-refractivity contribution in [1.29, 1.82) is 0 Å². The minimum atomic E-state index is -0.176. The number of halogens is 1. The number of nitrogens with one attached hydrogen (secondary N) is 1. The molecule has 2 aliphatic rings. The van der Waals surface area contributed by atoms with E-state index < -0.39 is 0 Å². The number of alkyl halides is 1. The second-order valence-electron chi connectivity index (χ2n) is 5.07. The van der Waals surface area contributed by atoms with E-state index in [1.165, 1.54) is 19.3 Å². The van der Waals surface area contributed by atoms with Crippen LogP contribution in [0.4, 0.5) is 4.39 Å². The van der Waals surface area contributed by atoms with Crippen molar-refractivity contribution < 1.29 is 4.39 Å². The first-order chi connectivity index (χ1) is 7.31. The number of hydrogen-bond acceptors (Lipinski definition) is 2. The maximum Gasteiger partial charge on any atom is 0.0906 e. The van der Waals surface area contributed by atoms with Crippen LogP contribution < -0.4 is 5.32 Å². The zero-order valence-electron chi connectivity index (χ0n) is 9.71. The Balaban J connectivity index is 1.86. The van der Waals surface area contributed by atoms with Crippen LogP contribution in [-0.4, -0.2) is 43.3 Å². The highest BCUT2D eigenvalue weighted by atomic mass is 19.1. The lowest BCUT2D eigenvalue weighted by Crippen LogP contribution is -2.41. The highest BCUT2D eigenvalue weighted by Crippen LogP contribution is 2.34. The molecule has 2 atom stereocenters. The Morgan fingerprint density at radius 3 is 2.80 bits per heavy atom. The van der Waals surface area contributed by atoms with Gasteiger partial charge in [0.05, 0.1) is 6.67 Å². The topological polar surface area (TPSA) is 15.3 Å². The zero-order chi connectivity index (χ0) is 10.7. The molecule has 15 heavy (non-hydrogen) atoms. The van der Waals surface area contributed by atoms with E-state index in [1.807, 2.05) is 0 Å². The molecule has 88 valence electrons. The maximum absolute atomic E-state index is 12.2. The van der Waals surface area contributed by atoms with Gasteiger partial charge in [-0.1, -0.05) is 0 Å². The van der Waals surface area contributed by atoms with Gasteiger partial charge in [-0.2, -0.15) is 0 Å². The lowest BCUT2D eigenvalue weighted by atomic mass is 10.1. The number of nitrogens with zero attached hydrogens (tertiary/aromatic N) is 1. The lowest BCUT2D eigenvalue weighted by molar-refractivity contribution is 0.191. The van der Waals surface area contributed by atoms with Gasteiger partial charge in [-0.25, -0.2) is 0 Å². The van der Waals surface area contributed by atoms with Gasteiger partial charge in [0.25, 0.3) is 0 Å². The first-order valence-electron chi connectivity index (χ1n) is 6.34. The van der Waals surface area contributed by atoms with Gasteiger partial charge >= 0.3 is 0 Å². The molecule has 2 nitrogen and oxygen atoms in total. The van der Waals surface area contributed by atoms with Crippen LogP contribution in [0.25, 0.3) is 0 Å². The summed E-state index contributed by atoms with van der Waals surface area (Å²) < 4.78 is 12.2. The predicted octanol–water partition coefficient (Wildman–Crippen LogP) is 1.81. The minimum absolute atomic E-state index is 0.176. The first-order valence-corrected chi connectivity index (χ1v) is 6.34. The van der Waals surface area contributed by atoms with Gasteiger partial charge in [0.15, 0.2) is 0 Å². The molecule has 3 heteroatoms. The average Bonchev–Trinajstić information content (AvgIpc) is 3.03. The fourth-order valence-corrected chi connectivity index (χ4v) is 2.55. The Labute approximate surface area is 92.2 Å². The standard InChI is InChI=1S/C12H23FN2/c1-10-5-7-14-12(11-3-4-11)9-15(10)8-2-6-13/h10-12,14H,2-9H2,1H3. The third kappa shape index (κ3) is 3.15. The van der Waals surface area contributed by atoms with Crippen molar-refractivity contribution in [3.8, 4) is 0 Å². The predicted molar refractivity (Wildman–Crippen MR) is 60.8 cm³/mol. The van der Waals surface area contributed by atoms with Gasteiger partial charge in [-0.05, 0) is 45.1 Å². The molecule has 0 aromatic carbocycles. The van der Waals surface area contributed by atoms with E-state index in [2.05, 4.69) is 17.1 Å². The summed E-state index contributed by atoms with van der Waals surface area (Å²) >= 11 is 0. The fraction of sp³-hybridized carbons (Fsp3) is 1.00. The van der Waals surface area contributed by atoms with Gasteiger partial charge in [-0.3, -0.25) is 9.29 Å². The van der Waals surface area contributed by atoms with Crippen LogP contribution in [0.15, 0.2) is 0 Å². The van der Waals surface area contributed by atoms with Crippen molar-refractivity contribution in [2.24, 2.45) is 5.92 Å². The summed E-state index contributed by atoms with van der Waals surface area (Å²) in [7, 11) is 0. The Hall–Kier alpha value is -0.150. The molecule has 1 saturated heterocycles. The summed E-state index contributed by atoms with van der Waals surface area (Å²) in [6, 6.07) is 1.29. The summed E-state index contributed by atoms with van der Waals surface area (Å²) in [6.45, 7) is 5.29. The molecule has 0 amide bonds. The van der Waals surface area contributed by atoms with E-state index in [9.17, 15) is 4.39 Å². The number of hydrogen-bond donors (Lipinski definition) is 1. The molecule has 2 fully saturated rings. The van der Waals surface area contributed by atoms with Crippen molar-refractivity contribution in [2.45, 2.75) is 44.7 Å². The zero-order valence-corrected chi connectivity index (χ0v) is 9.71. The average molecular weight is 214 g/mol. The fourth-order valence-electron chi connectivity index (χ4n) is 2.55. The molecule has 0 aromatic rings.